The minimum Gasteiger partial charge on any atom is -0.295 e. The summed E-state index contributed by atoms with van der Waals surface area (Å²) < 4.78 is 3.51. The van der Waals surface area contributed by atoms with Gasteiger partial charge in [0.25, 0.3) is 5.56 Å². The number of rotatable bonds is 3. The Morgan fingerprint density at radius 1 is 1.20 bits per heavy atom. The molecule has 0 fully saturated rings. The van der Waals surface area contributed by atoms with Crippen molar-refractivity contribution in [3.05, 3.63) is 52.8 Å². The molecule has 3 aromatic rings. The third-order valence-electron chi connectivity index (χ3n) is 3.34. The van der Waals surface area contributed by atoms with Crippen LogP contribution in [0.1, 0.15) is 19.2 Å². The van der Waals surface area contributed by atoms with Crippen LogP contribution in [0.4, 0.5) is 0 Å². The molecule has 0 unspecified atom stereocenters. The van der Waals surface area contributed by atoms with E-state index in [1.165, 1.54) is 0 Å². The fourth-order valence-corrected chi connectivity index (χ4v) is 2.38. The Morgan fingerprint density at radius 3 is 2.65 bits per heavy atom. The zero-order valence-corrected chi connectivity index (χ0v) is 11.6. The maximum absolute atomic E-state index is 12.7. The van der Waals surface area contributed by atoms with E-state index in [2.05, 4.69) is 9.97 Å². The molecular formula is C15H16N4O. The van der Waals surface area contributed by atoms with Crippen LogP contribution in [-0.4, -0.2) is 19.1 Å². The summed E-state index contributed by atoms with van der Waals surface area (Å²) in [7, 11) is 0. The Bertz CT molecular complexity index is 802. The summed E-state index contributed by atoms with van der Waals surface area (Å²) in [6.07, 6.45) is 2.55. The molecule has 0 aliphatic heterocycles. The third kappa shape index (κ3) is 1.91. The standard InChI is InChI=1S/C15H16N4O/c1-3-9-18-11(2)17-14-13(15(18)20)19(10-16-14)12-7-5-4-6-8-12/h4-8,10H,3,9H2,1-2H3. The molecule has 5 nitrogen and oxygen atoms in total. The summed E-state index contributed by atoms with van der Waals surface area (Å²) in [5, 5.41) is 0. The monoisotopic (exact) mass is 268 g/mol. The van der Waals surface area contributed by atoms with Crippen molar-refractivity contribution in [2.75, 3.05) is 0 Å². The quantitative estimate of drug-likeness (QED) is 0.732. The van der Waals surface area contributed by atoms with Gasteiger partial charge in [-0.1, -0.05) is 25.1 Å². The van der Waals surface area contributed by atoms with Crippen LogP contribution in [0.25, 0.3) is 16.9 Å². The smallest absolute Gasteiger partial charge is 0.280 e. The van der Waals surface area contributed by atoms with Crippen molar-refractivity contribution in [1.82, 2.24) is 19.1 Å². The lowest BCUT2D eigenvalue weighted by molar-refractivity contribution is 0.623. The number of aryl methyl sites for hydroxylation is 1. The molecule has 0 amide bonds. The fraction of sp³-hybridized carbons (Fsp3) is 0.267. The second kappa shape index (κ2) is 4.92. The maximum Gasteiger partial charge on any atom is 0.280 e. The van der Waals surface area contributed by atoms with E-state index in [4.69, 9.17) is 0 Å². The summed E-state index contributed by atoms with van der Waals surface area (Å²) in [6.45, 7) is 4.57. The van der Waals surface area contributed by atoms with E-state index >= 15 is 0 Å². The van der Waals surface area contributed by atoms with Crippen molar-refractivity contribution >= 4 is 11.2 Å². The molecule has 0 saturated carbocycles. The highest BCUT2D eigenvalue weighted by Crippen LogP contribution is 2.14. The molecule has 0 bridgehead atoms. The molecule has 0 saturated heterocycles. The molecule has 0 aliphatic rings. The molecule has 0 radical (unpaired) electrons. The SMILES string of the molecule is CCCn1c(C)nc2ncn(-c3ccccc3)c2c1=O. The van der Waals surface area contributed by atoms with E-state index in [0.29, 0.717) is 23.5 Å². The van der Waals surface area contributed by atoms with Crippen molar-refractivity contribution in [1.29, 1.82) is 0 Å². The van der Waals surface area contributed by atoms with Crippen LogP contribution in [0.3, 0.4) is 0 Å². The fourth-order valence-electron chi connectivity index (χ4n) is 2.38. The number of nitrogens with zero attached hydrogens (tertiary/aromatic N) is 4. The molecule has 0 N–H and O–H groups in total. The summed E-state index contributed by atoms with van der Waals surface area (Å²) in [5.74, 6) is 0.711. The first-order valence-corrected chi connectivity index (χ1v) is 6.72. The minimum atomic E-state index is -0.0318. The van der Waals surface area contributed by atoms with Gasteiger partial charge in [-0.2, -0.15) is 0 Å². The number of para-hydroxylation sites is 1. The van der Waals surface area contributed by atoms with Crippen LogP contribution in [0, 0.1) is 6.92 Å². The number of imidazole rings is 1. The highest BCUT2D eigenvalue weighted by atomic mass is 16.1. The van der Waals surface area contributed by atoms with Crippen LogP contribution < -0.4 is 5.56 Å². The second-order valence-electron chi connectivity index (χ2n) is 4.74. The van der Waals surface area contributed by atoms with Gasteiger partial charge in [0.2, 0.25) is 0 Å². The van der Waals surface area contributed by atoms with Gasteiger partial charge in [0.15, 0.2) is 11.2 Å². The van der Waals surface area contributed by atoms with E-state index < -0.39 is 0 Å². The lowest BCUT2D eigenvalue weighted by Crippen LogP contribution is -2.25. The first-order valence-electron chi connectivity index (χ1n) is 6.72. The molecule has 2 heterocycles. The molecule has 3 rings (SSSR count). The average Bonchev–Trinajstić information content (AvgIpc) is 2.88. The Hall–Kier alpha value is -2.43. The minimum absolute atomic E-state index is 0.0318. The highest BCUT2D eigenvalue weighted by molar-refractivity contribution is 5.72. The highest BCUT2D eigenvalue weighted by Gasteiger charge is 2.13. The maximum atomic E-state index is 12.7. The van der Waals surface area contributed by atoms with Gasteiger partial charge >= 0.3 is 0 Å². The Morgan fingerprint density at radius 2 is 1.95 bits per heavy atom. The van der Waals surface area contributed by atoms with Crippen molar-refractivity contribution in [2.24, 2.45) is 0 Å². The van der Waals surface area contributed by atoms with Gasteiger partial charge in [0.1, 0.15) is 12.2 Å². The van der Waals surface area contributed by atoms with E-state index in [0.717, 1.165) is 12.1 Å². The molecular weight excluding hydrogens is 252 g/mol. The lowest BCUT2D eigenvalue weighted by Gasteiger charge is -2.09. The van der Waals surface area contributed by atoms with Gasteiger partial charge in [0, 0.05) is 12.2 Å². The molecule has 0 atom stereocenters. The summed E-state index contributed by atoms with van der Waals surface area (Å²) in [6, 6.07) is 9.72. The van der Waals surface area contributed by atoms with Gasteiger partial charge in [-0.25, -0.2) is 9.97 Å². The van der Waals surface area contributed by atoms with Gasteiger partial charge in [-0.05, 0) is 25.5 Å². The summed E-state index contributed by atoms with van der Waals surface area (Å²) >= 11 is 0. The number of hydrogen-bond donors (Lipinski definition) is 0. The summed E-state index contributed by atoms with van der Waals surface area (Å²) in [4.78, 5) is 21.3. The Labute approximate surface area is 116 Å². The Balaban J connectivity index is 2.32. The molecule has 5 heteroatoms. The van der Waals surface area contributed by atoms with E-state index in [-0.39, 0.29) is 5.56 Å². The number of benzene rings is 1. The number of fused-ring (bicyclic) bond motifs is 1. The third-order valence-corrected chi connectivity index (χ3v) is 3.34. The first-order chi connectivity index (χ1) is 9.72. The van der Waals surface area contributed by atoms with Crippen molar-refractivity contribution in [3.63, 3.8) is 0 Å². The number of hydrogen-bond acceptors (Lipinski definition) is 3. The summed E-state index contributed by atoms with van der Waals surface area (Å²) in [5.41, 5.74) is 1.93. The molecule has 20 heavy (non-hydrogen) atoms. The predicted octanol–water partition coefficient (Wildman–Crippen LogP) is 2.30. The van der Waals surface area contributed by atoms with Crippen LogP contribution in [0.15, 0.2) is 41.5 Å². The second-order valence-corrected chi connectivity index (χ2v) is 4.74. The van der Waals surface area contributed by atoms with E-state index in [1.807, 2.05) is 44.2 Å². The Kier molecular flexibility index (Phi) is 3.10. The number of aromatic nitrogens is 4. The van der Waals surface area contributed by atoms with Crippen molar-refractivity contribution in [3.8, 4) is 5.69 Å². The largest absolute Gasteiger partial charge is 0.295 e. The van der Waals surface area contributed by atoms with Crippen molar-refractivity contribution in [2.45, 2.75) is 26.8 Å². The van der Waals surface area contributed by atoms with Crippen LogP contribution in [-0.2, 0) is 6.54 Å². The molecule has 102 valence electrons. The van der Waals surface area contributed by atoms with Crippen LogP contribution >= 0.6 is 0 Å². The van der Waals surface area contributed by atoms with Crippen LogP contribution in [0.2, 0.25) is 0 Å². The molecule has 1 aromatic carbocycles. The normalized spacial score (nSPS) is 11.1. The zero-order valence-electron chi connectivity index (χ0n) is 11.6. The average molecular weight is 268 g/mol. The van der Waals surface area contributed by atoms with Gasteiger partial charge in [-0.15, -0.1) is 0 Å². The van der Waals surface area contributed by atoms with E-state index in [1.54, 1.807) is 15.5 Å². The molecule has 0 aliphatic carbocycles. The lowest BCUT2D eigenvalue weighted by atomic mass is 10.3. The predicted molar refractivity (Wildman–Crippen MR) is 78.2 cm³/mol. The van der Waals surface area contributed by atoms with Gasteiger partial charge in [-0.3, -0.25) is 13.9 Å². The molecule has 2 aromatic heterocycles. The van der Waals surface area contributed by atoms with E-state index in [9.17, 15) is 4.79 Å². The topological polar surface area (TPSA) is 52.7 Å². The van der Waals surface area contributed by atoms with Crippen molar-refractivity contribution < 1.29 is 0 Å². The van der Waals surface area contributed by atoms with Crippen LogP contribution in [0.5, 0.6) is 0 Å². The first kappa shape index (κ1) is 12.6. The van der Waals surface area contributed by atoms with Gasteiger partial charge < -0.3 is 0 Å². The van der Waals surface area contributed by atoms with Gasteiger partial charge in [0.05, 0.1) is 0 Å². The zero-order chi connectivity index (χ0) is 14.1. The molecule has 0 spiro atoms.